The number of unbranched alkanes of at least 4 members (excludes halogenated alkanes) is 8. The number of terminal acetylenes is 1. The summed E-state index contributed by atoms with van der Waals surface area (Å²) in [6.07, 6.45) is 16.5. The lowest BCUT2D eigenvalue weighted by Gasteiger charge is -2.04. The molecule has 0 amide bonds. The zero-order chi connectivity index (χ0) is 14.3. The molecule has 0 N–H and O–H groups in total. The molecule has 0 aliphatic rings. The average molecular weight is 272 g/mol. The van der Waals surface area contributed by atoms with Gasteiger partial charge in [-0.3, -0.25) is 0 Å². The van der Waals surface area contributed by atoms with E-state index >= 15 is 0 Å². The van der Waals surface area contributed by atoms with Gasteiger partial charge in [0, 0.05) is 13.0 Å². The molecule has 0 heterocycles. The van der Waals surface area contributed by atoms with E-state index in [0.717, 1.165) is 19.6 Å². The highest BCUT2D eigenvalue weighted by atomic mass is 16.5. The lowest BCUT2D eigenvalue weighted by Crippen LogP contribution is -1.95. The van der Waals surface area contributed by atoms with E-state index < -0.39 is 0 Å². The first kappa shape index (κ1) is 16.8. The maximum atomic E-state index is 5.67. The van der Waals surface area contributed by atoms with Crippen LogP contribution in [0.3, 0.4) is 0 Å². The summed E-state index contributed by atoms with van der Waals surface area (Å²) < 4.78 is 5.67. The van der Waals surface area contributed by atoms with E-state index in [9.17, 15) is 0 Å². The van der Waals surface area contributed by atoms with Gasteiger partial charge in [0.05, 0.1) is 6.61 Å². The number of benzene rings is 1. The van der Waals surface area contributed by atoms with Crippen molar-refractivity contribution in [2.75, 3.05) is 6.61 Å². The van der Waals surface area contributed by atoms with Crippen LogP contribution in [0, 0.1) is 12.3 Å². The molecule has 0 radical (unpaired) electrons. The van der Waals surface area contributed by atoms with E-state index in [4.69, 9.17) is 11.2 Å². The minimum atomic E-state index is 0.746. The normalized spacial score (nSPS) is 10.3. The summed E-state index contributed by atoms with van der Waals surface area (Å²) in [5.74, 6) is 2.70. The van der Waals surface area contributed by atoms with Gasteiger partial charge < -0.3 is 4.74 Å². The summed E-state index contributed by atoms with van der Waals surface area (Å²) in [6.45, 7) is 1.63. The fourth-order valence-electron chi connectivity index (χ4n) is 2.26. The topological polar surface area (TPSA) is 9.23 Å². The largest absolute Gasteiger partial charge is 0.377 e. The zero-order valence-corrected chi connectivity index (χ0v) is 12.7. The predicted octanol–water partition coefficient (Wildman–Crippen LogP) is 5.35. The van der Waals surface area contributed by atoms with Gasteiger partial charge in [-0.1, -0.05) is 68.9 Å². The van der Waals surface area contributed by atoms with Gasteiger partial charge in [0.15, 0.2) is 0 Å². The maximum Gasteiger partial charge on any atom is 0.0716 e. The molecule has 110 valence electrons. The lowest BCUT2D eigenvalue weighted by atomic mass is 10.1. The van der Waals surface area contributed by atoms with E-state index in [1.807, 2.05) is 6.07 Å². The quantitative estimate of drug-likeness (QED) is 0.368. The SMILES string of the molecule is C#CCCCCCCCCCCOCc1ccccc1. The van der Waals surface area contributed by atoms with Crippen LogP contribution in [0.5, 0.6) is 0 Å². The fourth-order valence-corrected chi connectivity index (χ4v) is 2.26. The molecule has 0 atom stereocenters. The molecule has 0 bridgehead atoms. The summed E-state index contributed by atoms with van der Waals surface area (Å²) in [5.41, 5.74) is 1.26. The van der Waals surface area contributed by atoms with Crippen molar-refractivity contribution in [3.05, 3.63) is 35.9 Å². The van der Waals surface area contributed by atoms with Crippen LogP contribution in [0.4, 0.5) is 0 Å². The fraction of sp³-hybridized carbons (Fsp3) is 0.579. The second-order valence-electron chi connectivity index (χ2n) is 5.32. The molecular weight excluding hydrogens is 244 g/mol. The lowest BCUT2D eigenvalue weighted by molar-refractivity contribution is 0.116. The molecule has 0 aliphatic carbocycles. The van der Waals surface area contributed by atoms with Crippen molar-refractivity contribution in [2.45, 2.75) is 64.4 Å². The summed E-state index contributed by atoms with van der Waals surface area (Å²) in [4.78, 5) is 0. The first-order chi connectivity index (χ1) is 9.93. The van der Waals surface area contributed by atoms with Crippen molar-refractivity contribution >= 4 is 0 Å². The maximum absolute atomic E-state index is 5.67. The number of hydrogen-bond donors (Lipinski definition) is 0. The average Bonchev–Trinajstić information content (AvgIpc) is 2.49. The highest BCUT2D eigenvalue weighted by Crippen LogP contribution is 2.10. The molecule has 1 aromatic carbocycles. The van der Waals surface area contributed by atoms with Crippen LogP contribution < -0.4 is 0 Å². The van der Waals surface area contributed by atoms with Crippen LogP contribution >= 0.6 is 0 Å². The molecule has 0 aromatic heterocycles. The number of hydrogen-bond acceptors (Lipinski definition) is 1. The Morgan fingerprint density at radius 1 is 0.800 bits per heavy atom. The predicted molar refractivity (Wildman–Crippen MR) is 86.5 cm³/mol. The van der Waals surface area contributed by atoms with E-state index in [0.29, 0.717) is 0 Å². The van der Waals surface area contributed by atoms with Gasteiger partial charge in [0.1, 0.15) is 0 Å². The Hall–Kier alpha value is -1.26. The Balaban J connectivity index is 1.78. The minimum absolute atomic E-state index is 0.746. The Morgan fingerprint density at radius 3 is 2.05 bits per heavy atom. The summed E-state index contributed by atoms with van der Waals surface area (Å²) in [7, 11) is 0. The van der Waals surface area contributed by atoms with Crippen molar-refractivity contribution in [1.82, 2.24) is 0 Å². The van der Waals surface area contributed by atoms with Gasteiger partial charge in [-0.2, -0.15) is 0 Å². The molecule has 1 aromatic rings. The van der Waals surface area contributed by atoms with Crippen molar-refractivity contribution in [3.63, 3.8) is 0 Å². The zero-order valence-electron chi connectivity index (χ0n) is 12.7. The molecule has 0 saturated carbocycles. The Labute approximate surface area is 124 Å². The second-order valence-corrected chi connectivity index (χ2v) is 5.32. The molecule has 0 spiro atoms. The van der Waals surface area contributed by atoms with Crippen molar-refractivity contribution < 1.29 is 4.74 Å². The second kappa shape index (κ2) is 12.8. The Kier molecular flexibility index (Phi) is 10.7. The van der Waals surface area contributed by atoms with Crippen LogP contribution in [-0.4, -0.2) is 6.61 Å². The van der Waals surface area contributed by atoms with E-state index in [-0.39, 0.29) is 0 Å². The highest BCUT2D eigenvalue weighted by molar-refractivity contribution is 5.13. The van der Waals surface area contributed by atoms with Gasteiger partial charge in [-0.05, 0) is 18.4 Å². The summed E-state index contributed by atoms with van der Waals surface area (Å²) >= 11 is 0. The first-order valence-electron chi connectivity index (χ1n) is 7.98. The van der Waals surface area contributed by atoms with Gasteiger partial charge >= 0.3 is 0 Å². The summed E-state index contributed by atoms with van der Waals surface area (Å²) in [6, 6.07) is 10.4. The van der Waals surface area contributed by atoms with Gasteiger partial charge in [0.2, 0.25) is 0 Å². The molecule has 1 nitrogen and oxygen atoms in total. The van der Waals surface area contributed by atoms with Gasteiger partial charge in [-0.25, -0.2) is 0 Å². The monoisotopic (exact) mass is 272 g/mol. The molecule has 1 rings (SSSR count). The first-order valence-corrected chi connectivity index (χ1v) is 7.98. The van der Waals surface area contributed by atoms with Crippen molar-refractivity contribution in [1.29, 1.82) is 0 Å². The third-order valence-electron chi connectivity index (χ3n) is 3.47. The van der Waals surface area contributed by atoms with E-state index in [2.05, 4.69) is 30.2 Å². The molecule has 0 unspecified atom stereocenters. The molecule has 0 saturated heterocycles. The Bertz CT molecular complexity index is 350. The van der Waals surface area contributed by atoms with Crippen LogP contribution in [0.2, 0.25) is 0 Å². The standard InChI is InChI=1S/C19H28O/c1-2-3-4-5-6-7-8-9-10-14-17-20-18-19-15-12-11-13-16-19/h1,11-13,15-16H,3-10,14,17-18H2. The van der Waals surface area contributed by atoms with E-state index in [1.54, 1.807) is 0 Å². The van der Waals surface area contributed by atoms with Gasteiger partial charge in [-0.15, -0.1) is 12.3 Å². The van der Waals surface area contributed by atoms with Crippen LogP contribution in [0.15, 0.2) is 30.3 Å². The molecule has 20 heavy (non-hydrogen) atoms. The molecule has 0 fully saturated rings. The minimum Gasteiger partial charge on any atom is -0.377 e. The molecule has 0 aliphatic heterocycles. The Morgan fingerprint density at radius 2 is 1.40 bits per heavy atom. The number of ether oxygens (including phenoxy) is 1. The third kappa shape index (κ3) is 9.64. The van der Waals surface area contributed by atoms with Crippen molar-refractivity contribution in [3.8, 4) is 12.3 Å². The summed E-state index contributed by atoms with van der Waals surface area (Å²) in [5, 5.41) is 0. The third-order valence-corrected chi connectivity index (χ3v) is 3.47. The molecular formula is C19H28O. The van der Waals surface area contributed by atoms with Crippen LogP contribution in [-0.2, 0) is 11.3 Å². The van der Waals surface area contributed by atoms with Gasteiger partial charge in [0.25, 0.3) is 0 Å². The van der Waals surface area contributed by atoms with E-state index in [1.165, 1.54) is 56.9 Å². The number of rotatable bonds is 12. The van der Waals surface area contributed by atoms with Crippen LogP contribution in [0.25, 0.3) is 0 Å². The highest BCUT2D eigenvalue weighted by Gasteiger charge is 1.94. The van der Waals surface area contributed by atoms with Crippen molar-refractivity contribution in [2.24, 2.45) is 0 Å². The smallest absolute Gasteiger partial charge is 0.0716 e. The molecule has 1 heteroatoms. The van der Waals surface area contributed by atoms with Crippen LogP contribution in [0.1, 0.15) is 63.4 Å².